The minimum absolute atomic E-state index is 0.681. The van der Waals surface area contributed by atoms with Crippen molar-refractivity contribution >= 4 is 0 Å². The fourth-order valence-electron chi connectivity index (χ4n) is 0.943. The van der Waals surface area contributed by atoms with E-state index in [1.807, 2.05) is 0 Å². The highest BCUT2D eigenvalue weighted by atomic mass is 14.7. The van der Waals surface area contributed by atoms with Crippen molar-refractivity contribution in [1.82, 2.24) is 0 Å². The van der Waals surface area contributed by atoms with Gasteiger partial charge >= 0.3 is 0 Å². The van der Waals surface area contributed by atoms with E-state index in [0.29, 0.717) is 5.92 Å². The first-order valence-electron chi connectivity index (χ1n) is 2.73. The van der Waals surface area contributed by atoms with Crippen molar-refractivity contribution in [3.05, 3.63) is 11.3 Å². The number of allylic oxidation sites excluding steroid dienone is 2. The molecule has 0 aromatic carbocycles. The van der Waals surface area contributed by atoms with Gasteiger partial charge in [0.1, 0.15) is 0 Å². The summed E-state index contributed by atoms with van der Waals surface area (Å²) in [6, 6.07) is 0. The highest BCUT2D eigenvalue weighted by Gasteiger charge is 2.27. The minimum Gasteiger partial charge on any atom is -0.402 e. The Morgan fingerprint density at radius 2 is 2.14 bits per heavy atom. The third kappa shape index (κ3) is 0.521. The molecule has 40 valence electrons. The molecule has 0 aromatic heterocycles. The molecule has 0 spiro atoms. The largest absolute Gasteiger partial charge is 0.402 e. The first kappa shape index (κ1) is 4.69. The van der Waals surface area contributed by atoms with Gasteiger partial charge < -0.3 is 5.73 Å². The number of hydrogen-bond acceptors (Lipinski definition) is 1. The molecular weight excluding hydrogens is 86.1 g/mol. The van der Waals surface area contributed by atoms with Gasteiger partial charge in [-0.25, -0.2) is 0 Å². The molecule has 2 N–H and O–H groups in total. The molecule has 1 nitrogen and oxygen atoms in total. The molecule has 7 heavy (non-hydrogen) atoms. The van der Waals surface area contributed by atoms with Gasteiger partial charge in [-0.3, -0.25) is 0 Å². The van der Waals surface area contributed by atoms with E-state index in [4.69, 9.17) is 5.73 Å². The molecular formula is C6H11N. The molecule has 1 aliphatic rings. The van der Waals surface area contributed by atoms with Crippen LogP contribution < -0.4 is 5.73 Å². The Balaban J connectivity index is 2.37. The number of rotatable bonds is 1. The second-order valence-corrected chi connectivity index (χ2v) is 2.10. The lowest BCUT2D eigenvalue weighted by Crippen LogP contribution is -1.87. The lowest BCUT2D eigenvalue weighted by Gasteiger charge is -1.84. The first-order valence-corrected chi connectivity index (χ1v) is 2.73. The lowest BCUT2D eigenvalue weighted by atomic mass is 10.2. The van der Waals surface area contributed by atoms with Crippen LogP contribution in [0.15, 0.2) is 11.3 Å². The van der Waals surface area contributed by atoms with Crippen molar-refractivity contribution in [2.45, 2.75) is 20.3 Å². The monoisotopic (exact) mass is 97.1 g/mol. The van der Waals surface area contributed by atoms with Crippen LogP contribution in [0.2, 0.25) is 0 Å². The molecule has 0 bridgehead atoms. The molecule has 0 heterocycles. The van der Waals surface area contributed by atoms with Gasteiger partial charge in [0.05, 0.1) is 0 Å². The molecule has 0 saturated carbocycles. The zero-order valence-electron chi connectivity index (χ0n) is 4.86. The zero-order chi connectivity index (χ0) is 5.44. The first-order chi connectivity index (χ1) is 3.27. The van der Waals surface area contributed by atoms with Gasteiger partial charge in [0.15, 0.2) is 0 Å². The summed E-state index contributed by atoms with van der Waals surface area (Å²) in [4.78, 5) is 0. The molecule has 0 aliphatic heterocycles. The van der Waals surface area contributed by atoms with Gasteiger partial charge in [-0.2, -0.15) is 0 Å². The second-order valence-electron chi connectivity index (χ2n) is 2.10. The van der Waals surface area contributed by atoms with Crippen LogP contribution in [0.3, 0.4) is 0 Å². The summed E-state index contributed by atoms with van der Waals surface area (Å²) in [5.74, 6) is 0.681. The lowest BCUT2D eigenvalue weighted by molar-refractivity contribution is 0.808. The second kappa shape index (κ2) is 1.25. The molecule has 1 rings (SSSR count). The van der Waals surface area contributed by atoms with Crippen molar-refractivity contribution < 1.29 is 0 Å². The molecule has 0 unspecified atom stereocenters. The SMILES string of the molecule is CC[C@@H]1C(C)=C1N. The van der Waals surface area contributed by atoms with E-state index in [9.17, 15) is 0 Å². The van der Waals surface area contributed by atoms with Crippen LogP contribution in [-0.2, 0) is 0 Å². The molecule has 0 radical (unpaired) electrons. The Hall–Kier alpha value is -0.460. The van der Waals surface area contributed by atoms with Crippen LogP contribution >= 0.6 is 0 Å². The smallest absolute Gasteiger partial charge is 0.0208 e. The van der Waals surface area contributed by atoms with E-state index in [0.717, 1.165) is 5.70 Å². The Labute approximate surface area is 44.2 Å². The van der Waals surface area contributed by atoms with Gasteiger partial charge in [0.25, 0.3) is 0 Å². The molecule has 0 aromatic rings. The van der Waals surface area contributed by atoms with Crippen LogP contribution in [0, 0.1) is 5.92 Å². The molecule has 0 saturated heterocycles. The van der Waals surface area contributed by atoms with Crippen molar-refractivity contribution in [3.8, 4) is 0 Å². The van der Waals surface area contributed by atoms with Crippen LogP contribution in [-0.4, -0.2) is 0 Å². The van der Waals surface area contributed by atoms with Crippen LogP contribution in [0.4, 0.5) is 0 Å². The van der Waals surface area contributed by atoms with E-state index < -0.39 is 0 Å². The highest BCUT2D eigenvalue weighted by Crippen LogP contribution is 2.36. The van der Waals surface area contributed by atoms with E-state index in [1.165, 1.54) is 12.0 Å². The molecule has 0 amide bonds. The number of nitrogens with two attached hydrogens (primary N) is 1. The van der Waals surface area contributed by atoms with Crippen molar-refractivity contribution in [3.63, 3.8) is 0 Å². The summed E-state index contributed by atoms with van der Waals surface area (Å²) in [6.45, 7) is 4.26. The summed E-state index contributed by atoms with van der Waals surface area (Å²) in [5.41, 5.74) is 8.03. The van der Waals surface area contributed by atoms with Gasteiger partial charge in [-0.05, 0) is 18.9 Å². The standard InChI is InChI=1S/C6H11N/c1-3-5-4(2)6(5)7/h5H,3,7H2,1-2H3/t5-/m1/s1. The maximum atomic E-state index is 5.50. The minimum atomic E-state index is 0.681. The van der Waals surface area contributed by atoms with Crippen molar-refractivity contribution in [2.24, 2.45) is 11.7 Å². The predicted octanol–water partition coefficient (Wildman–Crippen LogP) is 1.26. The van der Waals surface area contributed by atoms with E-state index in [2.05, 4.69) is 13.8 Å². The third-order valence-electron chi connectivity index (χ3n) is 1.68. The maximum Gasteiger partial charge on any atom is 0.0208 e. The van der Waals surface area contributed by atoms with E-state index in [1.54, 1.807) is 0 Å². The van der Waals surface area contributed by atoms with Crippen molar-refractivity contribution in [1.29, 1.82) is 0 Å². The van der Waals surface area contributed by atoms with Gasteiger partial charge in [0.2, 0.25) is 0 Å². The molecule has 1 aliphatic carbocycles. The molecule has 0 fully saturated rings. The summed E-state index contributed by atoms with van der Waals surface area (Å²) in [6.07, 6.45) is 1.19. The Bertz CT molecular complexity index is 101. The quantitative estimate of drug-likeness (QED) is 0.523. The fraction of sp³-hybridized carbons (Fsp3) is 0.667. The molecule has 1 atom stereocenters. The maximum absolute atomic E-state index is 5.50. The van der Waals surface area contributed by atoms with Crippen LogP contribution in [0.1, 0.15) is 20.3 Å². The topological polar surface area (TPSA) is 26.0 Å². The van der Waals surface area contributed by atoms with Crippen molar-refractivity contribution in [2.75, 3.05) is 0 Å². The average molecular weight is 97.2 g/mol. The van der Waals surface area contributed by atoms with E-state index >= 15 is 0 Å². The Kier molecular flexibility index (Phi) is 0.841. The van der Waals surface area contributed by atoms with Gasteiger partial charge in [-0.1, -0.05) is 6.92 Å². The average Bonchev–Trinajstić information content (AvgIpc) is 2.17. The summed E-state index contributed by atoms with van der Waals surface area (Å²) in [7, 11) is 0. The van der Waals surface area contributed by atoms with Crippen LogP contribution in [0.25, 0.3) is 0 Å². The third-order valence-corrected chi connectivity index (χ3v) is 1.68. The Morgan fingerprint density at radius 3 is 2.14 bits per heavy atom. The zero-order valence-corrected chi connectivity index (χ0v) is 4.86. The van der Waals surface area contributed by atoms with E-state index in [-0.39, 0.29) is 0 Å². The Morgan fingerprint density at radius 1 is 1.71 bits per heavy atom. The summed E-state index contributed by atoms with van der Waals surface area (Å²) < 4.78 is 0. The summed E-state index contributed by atoms with van der Waals surface area (Å²) in [5, 5.41) is 0. The number of hydrogen-bond donors (Lipinski definition) is 1. The van der Waals surface area contributed by atoms with Gasteiger partial charge in [0, 0.05) is 11.6 Å². The summed E-state index contributed by atoms with van der Waals surface area (Å²) >= 11 is 0. The predicted molar refractivity (Wildman–Crippen MR) is 30.7 cm³/mol. The normalized spacial score (nSPS) is 28.6. The van der Waals surface area contributed by atoms with Gasteiger partial charge in [-0.15, -0.1) is 0 Å². The molecule has 1 heteroatoms. The highest BCUT2D eigenvalue weighted by molar-refractivity contribution is 5.35. The van der Waals surface area contributed by atoms with Crippen LogP contribution in [0.5, 0.6) is 0 Å². The fourth-order valence-corrected chi connectivity index (χ4v) is 0.943.